The second-order valence-corrected chi connectivity index (χ2v) is 5.28. The molecule has 114 valence electrons. The molecule has 0 fully saturated rings. The maximum atomic E-state index is 11.6. The van der Waals surface area contributed by atoms with Crippen molar-refractivity contribution in [2.45, 2.75) is 6.92 Å². The number of nitrogens with zero attached hydrogens (tertiary/aromatic N) is 1. The van der Waals surface area contributed by atoms with Crippen molar-refractivity contribution in [2.75, 3.05) is 7.11 Å². The average Bonchev–Trinajstić information content (AvgIpc) is 2.61. The minimum Gasteiger partial charge on any atom is -0.465 e. The molecule has 0 bridgehead atoms. The number of hydrogen-bond donors (Lipinski definition) is 0. The van der Waals surface area contributed by atoms with E-state index >= 15 is 0 Å². The van der Waals surface area contributed by atoms with Crippen molar-refractivity contribution in [1.29, 1.82) is 0 Å². The van der Waals surface area contributed by atoms with E-state index in [4.69, 9.17) is 4.74 Å². The van der Waals surface area contributed by atoms with Gasteiger partial charge in [-0.25, -0.2) is 4.79 Å². The Morgan fingerprint density at radius 3 is 2.39 bits per heavy atom. The first-order chi connectivity index (χ1) is 11.2. The lowest BCUT2D eigenvalue weighted by molar-refractivity contribution is 0.0601. The monoisotopic (exact) mass is 303 g/mol. The summed E-state index contributed by atoms with van der Waals surface area (Å²) in [5, 5.41) is 0. The average molecular weight is 303 g/mol. The maximum Gasteiger partial charge on any atom is 0.337 e. The van der Waals surface area contributed by atoms with Gasteiger partial charge in [0.2, 0.25) is 0 Å². The number of carbonyl (C=O) groups is 1. The zero-order valence-corrected chi connectivity index (χ0v) is 13.1. The standard InChI is InChI=1S/C20H17NO2/c1-14-6-5-7-17(19(14)18-8-3-4-13-21-18)15-9-11-16(12-10-15)20(22)23-2/h3-13H,1-2H3. The molecule has 0 unspecified atom stereocenters. The van der Waals surface area contributed by atoms with E-state index in [0.29, 0.717) is 5.56 Å². The van der Waals surface area contributed by atoms with Crippen molar-refractivity contribution in [1.82, 2.24) is 4.98 Å². The predicted molar refractivity (Wildman–Crippen MR) is 91.2 cm³/mol. The Balaban J connectivity index is 2.10. The molecule has 0 saturated heterocycles. The first kappa shape index (κ1) is 15.0. The number of aryl methyl sites for hydroxylation is 1. The topological polar surface area (TPSA) is 39.2 Å². The zero-order chi connectivity index (χ0) is 16.2. The van der Waals surface area contributed by atoms with Crippen molar-refractivity contribution in [2.24, 2.45) is 0 Å². The lowest BCUT2D eigenvalue weighted by Gasteiger charge is -2.13. The van der Waals surface area contributed by atoms with Gasteiger partial charge >= 0.3 is 5.97 Å². The number of rotatable bonds is 3. The van der Waals surface area contributed by atoms with E-state index in [1.54, 1.807) is 18.3 Å². The summed E-state index contributed by atoms with van der Waals surface area (Å²) in [5.41, 5.74) is 5.90. The van der Waals surface area contributed by atoms with E-state index < -0.39 is 0 Å². The van der Waals surface area contributed by atoms with Crippen LogP contribution in [0.15, 0.2) is 66.9 Å². The van der Waals surface area contributed by atoms with Crippen LogP contribution in [0.25, 0.3) is 22.4 Å². The van der Waals surface area contributed by atoms with Gasteiger partial charge in [0.1, 0.15) is 0 Å². The van der Waals surface area contributed by atoms with Crippen molar-refractivity contribution < 1.29 is 9.53 Å². The van der Waals surface area contributed by atoms with E-state index in [9.17, 15) is 4.79 Å². The van der Waals surface area contributed by atoms with Crippen LogP contribution >= 0.6 is 0 Å². The van der Waals surface area contributed by atoms with Crippen LogP contribution in [0.5, 0.6) is 0 Å². The number of methoxy groups -OCH3 is 1. The molecule has 23 heavy (non-hydrogen) atoms. The fourth-order valence-electron chi connectivity index (χ4n) is 2.66. The molecule has 1 heterocycles. The van der Waals surface area contributed by atoms with Gasteiger partial charge in [-0.2, -0.15) is 0 Å². The second-order valence-electron chi connectivity index (χ2n) is 5.28. The Labute approximate surface area is 135 Å². The quantitative estimate of drug-likeness (QED) is 0.668. The first-order valence-corrected chi connectivity index (χ1v) is 7.40. The normalized spacial score (nSPS) is 10.3. The van der Waals surface area contributed by atoms with E-state index in [1.165, 1.54) is 12.7 Å². The minimum absolute atomic E-state index is 0.328. The molecule has 0 radical (unpaired) electrons. The molecule has 1 aromatic heterocycles. The molecule has 0 aliphatic carbocycles. The third-order valence-electron chi connectivity index (χ3n) is 3.81. The molecule has 0 aliphatic heterocycles. The Morgan fingerprint density at radius 1 is 0.957 bits per heavy atom. The Bertz CT molecular complexity index is 824. The number of carbonyl (C=O) groups excluding carboxylic acids is 1. The SMILES string of the molecule is COC(=O)c1ccc(-c2cccc(C)c2-c2ccccn2)cc1. The van der Waals surface area contributed by atoms with Gasteiger partial charge in [0.25, 0.3) is 0 Å². The third-order valence-corrected chi connectivity index (χ3v) is 3.81. The third kappa shape index (κ3) is 2.99. The summed E-state index contributed by atoms with van der Waals surface area (Å²) in [6.45, 7) is 2.08. The van der Waals surface area contributed by atoms with Gasteiger partial charge in [0.15, 0.2) is 0 Å². The summed E-state index contributed by atoms with van der Waals surface area (Å²) < 4.78 is 4.75. The molecule has 0 aliphatic rings. The van der Waals surface area contributed by atoms with E-state index in [-0.39, 0.29) is 5.97 Å². The van der Waals surface area contributed by atoms with Crippen LogP contribution in [-0.2, 0) is 4.74 Å². The Morgan fingerprint density at radius 2 is 1.74 bits per heavy atom. The summed E-state index contributed by atoms with van der Waals surface area (Å²) in [7, 11) is 1.38. The fraction of sp³-hybridized carbons (Fsp3) is 0.100. The fourth-order valence-corrected chi connectivity index (χ4v) is 2.66. The van der Waals surface area contributed by atoms with Crippen molar-refractivity contribution >= 4 is 5.97 Å². The molecule has 0 atom stereocenters. The molecule has 3 aromatic rings. The molecule has 0 amide bonds. The van der Waals surface area contributed by atoms with Gasteiger partial charge in [-0.15, -0.1) is 0 Å². The summed E-state index contributed by atoms with van der Waals surface area (Å²) in [4.78, 5) is 16.1. The lowest BCUT2D eigenvalue weighted by Crippen LogP contribution is -2.00. The molecule has 3 rings (SSSR count). The van der Waals surface area contributed by atoms with Gasteiger partial charge in [-0.1, -0.05) is 36.4 Å². The van der Waals surface area contributed by atoms with E-state index in [1.807, 2.05) is 36.4 Å². The first-order valence-electron chi connectivity index (χ1n) is 7.40. The van der Waals surface area contributed by atoms with Crippen LogP contribution in [-0.4, -0.2) is 18.1 Å². The molecular weight excluding hydrogens is 286 g/mol. The van der Waals surface area contributed by atoms with Gasteiger partial charge < -0.3 is 4.74 Å². The molecule has 0 N–H and O–H groups in total. The minimum atomic E-state index is -0.328. The van der Waals surface area contributed by atoms with Crippen LogP contribution in [0.4, 0.5) is 0 Å². The van der Waals surface area contributed by atoms with Gasteiger partial charge in [-0.3, -0.25) is 4.98 Å². The molecule has 3 nitrogen and oxygen atoms in total. The Hall–Kier alpha value is -2.94. The number of esters is 1. The van der Waals surface area contributed by atoms with Crippen LogP contribution in [0.2, 0.25) is 0 Å². The van der Waals surface area contributed by atoms with Gasteiger partial charge in [0.05, 0.1) is 18.4 Å². The summed E-state index contributed by atoms with van der Waals surface area (Å²) in [6, 6.07) is 19.5. The zero-order valence-electron chi connectivity index (χ0n) is 13.1. The van der Waals surface area contributed by atoms with E-state index in [0.717, 1.165) is 22.4 Å². The van der Waals surface area contributed by atoms with Crippen molar-refractivity contribution in [3.63, 3.8) is 0 Å². The van der Waals surface area contributed by atoms with Crippen LogP contribution < -0.4 is 0 Å². The molecule has 0 saturated carbocycles. The molecule has 2 aromatic carbocycles. The van der Waals surface area contributed by atoms with Crippen molar-refractivity contribution in [3.05, 3.63) is 78.0 Å². The number of pyridine rings is 1. The number of aromatic nitrogens is 1. The second kappa shape index (κ2) is 6.44. The smallest absolute Gasteiger partial charge is 0.337 e. The number of hydrogen-bond acceptors (Lipinski definition) is 3. The number of benzene rings is 2. The predicted octanol–water partition coefficient (Wildman–Crippen LogP) is 4.51. The lowest BCUT2D eigenvalue weighted by atomic mass is 9.93. The van der Waals surface area contributed by atoms with Gasteiger partial charge in [-0.05, 0) is 47.9 Å². The number of ether oxygens (including phenoxy) is 1. The highest BCUT2D eigenvalue weighted by atomic mass is 16.5. The molecule has 3 heteroatoms. The van der Waals surface area contributed by atoms with Crippen molar-refractivity contribution in [3.8, 4) is 22.4 Å². The van der Waals surface area contributed by atoms with Crippen LogP contribution in [0.1, 0.15) is 15.9 Å². The summed E-state index contributed by atoms with van der Waals surface area (Å²) >= 11 is 0. The summed E-state index contributed by atoms with van der Waals surface area (Å²) in [6.07, 6.45) is 1.80. The molecular formula is C20H17NO2. The van der Waals surface area contributed by atoms with E-state index in [2.05, 4.69) is 24.0 Å². The molecule has 0 spiro atoms. The largest absolute Gasteiger partial charge is 0.465 e. The highest BCUT2D eigenvalue weighted by molar-refractivity contribution is 5.91. The van der Waals surface area contributed by atoms with Crippen LogP contribution in [0, 0.1) is 6.92 Å². The van der Waals surface area contributed by atoms with Gasteiger partial charge in [0, 0.05) is 11.8 Å². The Kier molecular flexibility index (Phi) is 4.20. The highest BCUT2D eigenvalue weighted by Gasteiger charge is 2.12. The summed E-state index contributed by atoms with van der Waals surface area (Å²) in [5.74, 6) is -0.328. The maximum absolute atomic E-state index is 11.6. The highest BCUT2D eigenvalue weighted by Crippen LogP contribution is 2.33. The van der Waals surface area contributed by atoms with Crippen LogP contribution in [0.3, 0.4) is 0 Å².